The molecule has 0 aliphatic carbocycles. The Morgan fingerprint density at radius 3 is 2.80 bits per heavy atom. The topological polar surface area (TPSA) is 51.8 Å². The molecule has 10 heavy (non-hydrogen) atoms. The predicted octanol–water partition coefficient (Wildman–Crippen LogP) is 1.63. The Morgan fingerprint density at radius 2 is 2.40 bits per heavy atom. The lowest BCUT2D eigenvalue weighted by Gasteiger charge is -1.99. The molecule has 0 bridgehead atoms. The first-order chi connectivity index (χ1) is 4.74. The molecule has 2 N–H and O–H groups in total. The van der Waals surface area contributed by atoms with Gasteiger partial charge in [0.15, 0.2) is 5.13 Å². The number of hydrogen-bond acceptors (Lipinski definition) is 4. The maximum absolute atomic E-state index is 5.42. The summed E-state index contributed by atoms with van der Waals surface area (Å²) < 4.78 is 4.09. The Morgan fingerprint density at radius 1 is 1.70 bits per heavy atom. The van der Waals surface area contributed by atoms with Crippen LogP contribution >= 0.6 is 11.5 Å². The molecule has 1 aromatic heterocycles. The fourth-order valence-corrected chi connectivity index (χ4v) is 1.17. The molecule has 1 unspecified atom stereocenters. The Hall–Kier alpha value is -0.640. The second-order valence-corrected chi connectivity index (χ2v) is 3.08. The van der Waals surface area contributed by atoms with Crippen LogP contribution < -0.4 is 5.73 Å². The van der Waals surface area contributed by atoms with E-state index in [0.29, 0.717) is 11.0 Å². The van der Waals surface area contributed by atoms with Gasteiger partial charge in [-0.3, -0.25) is 0 Å². The van der Waals surface area contributed by atoms with Gasteiger partial charge in [-0.2, -0.15) is 4.37 Å². The number of rotatable bonds is 2. The van der Waals surface area contributed by atoms with Crippen LogP contribution in [0.4, 0.5) is 5.13 Å². The fourth-order valence-electron chi connectivity index (χ4n) is 0.630. The third kappa shape index (κ3) is 1.44. The summed E-state index contributed by atoms with van der Waals surface area (Å²) in [5.41, 5.74) is 5.42. The molecule has 0 amide bonds. The summed E-state index contributed by atoms with van der Waals surface area (Å²) in [7, 11) is 0. The molecule has 1 aromatic rings. The summed E-state index contributed by atoms with van der Waals surface area (Å²) in [5, 5.41) is 0.565. The van der Waals surface area contributed by atoms with Crippen molar-refractivity contribution in [3.05, 3.63) is 5.82 Å². The highest BCUT2D eigenvalue weighted by Gasteiger charge is 2.07. The van der Waals surface area contributed by atoms with Crippen molar-refractivity contribution in [2.45, 2.75) is 26.2 Å². The molecule has 3 nitrogen and oxygen atoms in total. The minimum atomic E-state index is 0.438. The van der Waals surface area contributed by atoms with Crippen LogP contribution in [0.25, 0.3) is 0 Å². The first-order valence-electron chi connectivity index (χ1n) is 3.33. The molecule has 0 radical (unpaired) electrons. The van der Waals surface area contributed by atoms with E-state index in [2.05, 4.69) is 23.2 Å². The van der Waals surface area contributed by atoms with Gasteiger partial charge in [-0.1, -0.05) is 13.8 Å². The van der Waals surface area contributed by atoms with Crippen molar-refractivity contribution in [1.29, 1.82) is 0 Å². The van der Waals surface area contributed by atoms with Gasteiger partial charge in [-0.15, -0.1) is 0 Å². The molecule has 4 heteroatoms. The monoisotopic (exact) mass is 157 g/mol. The van der Waals surface area contributed by atoms with Crippen LogP contribution in [0.1, 0.15) is 32.0 Å². The molecular weight excluding hydrogens is 146 g/mol. The smallest absolute Gasteiger partial charge is 0.199 e. The minimum absolute atomic E-state index is 0.438. The van der Waals surface area contributed by atoms with E-state index in [-0.39, 0.29) is 0 Å². The molecule has 0 saturated carbocycles. The maximum Gasteiger partial charge on any atom is 0.199 e. The van der Waals surface area contributed by atoms with Gasteiger partial charge >= 0.3 is 0 Å². The second kappa shape index (κ2) is 2.96. The predicted molar refractivity (Wildman–Crippen MR) is 43.0 cm³/mol. The second-order valence-electron chi connectivity index (χ2n) is 2.30. The molecule has 1 atom stereocenters. The first-order valence-corrected chi connectivity index (χ1v) is 4.10. The van der Waals surface area contributed by atoms with Gasteiger partial charge < -0.3 is 5.73 Å². The Kier molecular flexibility index (Phi) is 2.21. The van der Waals surface area contributed by atoms with E-state index in [1.165, 1.54) is 11.5 Å². The molecule has 1 heterocycles. The van der Waals surface area contributed by atoms with E-state index in [1.54, 1.807) is 0 Å². The van der Waals surface area contributed by atoms with E-state index in [4.69, 9.17) is 5.73 Å². The number of anilines is 1. The highest BCUT2D eigenvalue weighted by atomic mass is 32.1. The van der Waals surface area contributed by atoms with Crippen LogP contribution in [0.2, 0.25) is 0 Å². The standard InChI is InChI=1S/C6H11N3S/c1-3-4(2)5-8-6(7)10-9-5/h4H,3H2,1-2H3,(H2,7,8,9). The van der Waals surface area contributed by atoms with Crippen molar-refractivity contribution >= 4 is 16.7 Å². The molecule has 1 rings (SSSR count). The lowest BCUT2D eigenvalue weighted by molar-refractivity contribution is 0.693. The van der Waals surface area contributed by atoms with Gasteiger partial charge in [0.05, 0.1) is 0 Å². The van der Waals surface area contributed by atoms with Gasteiger partial charge in [0.2, 0.25) is 0 Å². The molecule has 0 aliphatic heterocycles. The quantitative estimate of drug-likeness (QED) is 0.710. The number of nitrogens with zero attached hydrogens (tertiary/aromatic N) is 2. The van der Waals surface area contributed by atoms with Crippen LogP contribution in [-0.4, -0.2) is 9.36 Å². The van der Waals surface area contributed by atoms with Crippen LogP contribution in [-0.2, 0) is 0 Å². The zero-order valence-electron chi connectivity index (χ0n) is 6.16. The third-order valence-electron chi connectivity index (χ3n) is 1.51. The maximum atomic E-state index is 5.42. The molecule has 0 spiro atoms. The summed E-state index contributed by atoms with van der Waals surface area (Å²) in [4.78, 5) is 4.07. The Bertz CT molecular complexity index is 209. The van der Waals surface area contributed by atoms with E-state index in [0.717, 1.165) is 12.2 Å². The van der Waals surface area contributed by atoms with E-state index < -0.39 is 0 Å². The summed E-state index contributed by atoms with van der Waals surface area (Å²) in [6, 6.07) is 0. The van der Waals surface area contributed by atoms with Crippen molar-refractivity contribution in [2.75, 3.05) is 5.73 Å². The Labute approximate surface area is 64.5 Å². The van der Waals surface area contributed by atoms with E-state index in [1.807, 2.05) is 0 Å². The van der Waals surface area contributed by atoms with Gasteiger partial charge in [-0.05, 0) is 6.42 Å². The molecule has 0 aliphatic rings. The van der Waals surface area contributed by atoms with E-state index >= 15 is 0 Å². The summed E-state index contributed by atoms with van der Waals surface area (Å²) in [6.45, 7) is 4.21. The molecule has 0 saturated heterocycles. The SMILES string of the molecule is CCC(C)c1nsc(N)n1. The van der Waals surface area contributed by atoms with Crippen molar-refractivity contribution in [3.63, 3.8) is 0 Å². The lowest BCUT2D eigenvalue weighted by atomic mass is 10.1. The van der Waals surface area contributed by atoms with Gasteiger partial charge in [0.1, 0.15) is 5.82 Å². The van der Waals surface area contributed by atoms with Crippen molar-refractivity contribution in [2.24, 2.45) is 0 Å². The zero-order valence-corrected chi connectivity index (χ0v) is 6.98. The number of aromatic nitrogens is 2. The van der Waals surface area contributed by atoms with E-state index in [9.17, 15) is 0 Å². The summed E-state index contributed by atoms with van der Waals surface area (Å²) >= 11 is 1.26. The average molecular weight is 157 g/mol. The van der Waals surface area contributed by atoms with Crippen LogP contribution in [0.3, 0.4) is 0 Å². The zero-order chi connectivity index (χ0) is 7.56. The molecule has 56 valence electrons. The molecular formula is C6H11N3S. The van der Waals surface area contributed by atoms with Crippen molar-refractivity contribution in [1.82, 2.24) is 9.36 Å². The highest BCUT2D eigenvalue weighted by molar-refractivity contribution is 7.09. The summed E-state index contributed by atoms with van der Waals surface area (Å²) in [5.74, 6) is 1.32. The van der Waals surface area contributed by atoms with Gasteiger partial charge in [0, 0.05) is 17.5 Å². The highest BCUT2D eigenvalue weighted by Crippen LogP contribution is 2.17. The lowest BCUT2D eigenvalue weighted by Crippen LogP contribution is -1.94. The first kappa shape index (κ1) is 7.47. The van der Waals surface area contributed by atoms with Crippen LogP contribution in [0.5, 0.6) is 0 Å². The number of hydrogen-bond donors (Lipinski definition) is 1. The number of nitrogen functional groups attached to an aromatic ring is 1. The van der Waals surface area contributed by atoms with Crippen molar-refractivity contribution in [3.8, 4) is 0 Å². The fraction of sp³-hybridized carbons (Fsp3) is 0.667. The van der Waals surface area contributed by atoms with Crippen molar-refractivity contribution < 1.29 is 0 Å². The number of nitrogens with two attached hydrogens (primary N) is 1. The molecule has 0 aromatic carbocycles. The summed E-state index contributed by atoms with van der Waals surface area (Å²) in [6.07, 6.45) is 1.07. The van der Waals surface area contributed by atoms with Crippen LogP contribution in [0.15, 0.2) is 0 Å². The largest absolute Gasteiger partial charge is 0.374 e. The van der Waals surface area contributed by atoms with Crippen LogP contribution in [0, 0.1) is 0 Å². The van der Waals surface area contributed by atoms with Gasteiger partial charge in [-0.25, -0.2) is 4.98 Å². The van der Waals surface area contributed by atoms with Gasteiger partial charge in [0.25, 0.3) is 0 Å². The molecule has 0 fully saturated rings. The minimum Gasteiger partial charge on any atom is -0.374 e. The average Bonchev–Trinajstić information content (AvgIpc) is 2.34. The normalized spacial score (nSPS) is 13.4. The third-order valence-corrected chi connectivity index (χ3v) is 2.07. The Balaban J connectivity index is 2.74.